The van der Waals surface area contributed by atoms with Gasteiger partial charge in [0, 0.05) is 19.0 Å². The number of imide groups is 1. The SMILES string of the molecule is O=C(CCN1C(=O)[C@H]2CCCC[C@@H]2C1=O)NC1CCCC1. The van der Waals surface area contributed by atoms with Crippen molar-refractivity contribution in [3.8, 4) is 0 Å². The number of fused-ring (bicyclic) bond motifs is 1. The summed E-state index contributed by atoms with van der Waals surface area (Å²) in [6.45, 7) is 0.253. The Labute approximate surface area is 125 Å². The third-order valence-electron chi connectivity index (χ3n) is 5.22. The maximum absolute atomic E-state index is 12.3. The van der Waals surface area contributed by atoms with E-state index in [1.165, 1.54) is 17.7 Å². The first-order chi connectivity index (χ1) is 10.2. The lowest BCUT2D eigenvalue weighted by atomic mass is 9.81. The van der Waals surface area contributed by atoms with Crippen LogP contribution in [0.2, 0.25) is 0 Å². The predicted octanol–water partition coefficient (Wildman–Crippen LogP) is 1.61. The van der Waals surface area contributed by atoms with E-state index < -0.39 is 0 Å². The first kappa shape index (κ1) is 14.5. The molecule has 2 saturated carbocycles. The fourth-order valence-electron chi connectivity index (χ4n) is 4.03. The molecule has 3 amide bonds. The maximum Gasteiger partial charge on any atom is 0.233 e. The van der Waals surface area contributed by atoms with Gasteiger partial charge in [0.2, 0.25) is 17.7 Å². The molecule has 0 aromatic rings. The summed E-state index contributed by atoms with van der Waals surface area (Å²) < 4.78 is 0. The van der Waals surface area contributed by atoms with Gasteiger partial charge in [-0.05, 0) is 25.7 Å². The number of likely N-dealkylation sites (tertiary alicyclic amines) is 1. The van der Waals surface area contributed by atoms with E-state index in [0.29, 0.717) is 6.04 Å². The Morgan fingerprint density at radius 2 is 1.48 bits per heavy atom. The average molecular weight is 292 g/mol. The van der Waals surface area contributed by atoms with Gasteiger partial charge in [0.05, 0.1) is 11.8 Å². The minimum Gasteiger partial charge on any atom is -0.353 e. The molecule has 5 heteroatoms. The van der Waals surface area contributed by atoms with Gasteiger partial charge in [-0.15, -0.1) is 0 Å². The van der Waals surface area contributed by atoms with Gasteiger partial charge in [0.25, 0.3) is 0 Å². The number of carbonyl (C=O) groups is 3. The molecule has 116 valence electrons. The van der Waals surface area contributed by atoms with Gasteiger partial charge in [-0.1, -0.05) is 25.7 Å². The van der Waals surface area contributed by atoms with Crippen LogP contribution in [-0.4, -0.2) is 35.2 Å². The summed E-state index contributed by atoms with van der Waals surface area (Å²) in [6.07, 6.45) is 8.45. The van der Waals surface area contributed by atoms with E-state index in [0.717, 1.165) is 38.5 Å². The maximum atomic E-state index is 12.3. The Bertz CT molecular complexity index is 419. The molecular formula is C16H24N2O3. The number of nitrogens with one attached hydrogen (secondary N) is 1. The molecule has 5 nitrogen and oxygen atoms in total. The first-order valence-corrected chi connectivity index (χ1v) is 8.31. The van der Waals surface area contributed by atoms with E-state index in [2.05, 4.69) is 5.32 Å². The van der Waals surface area contributed by atoms with Crippen molar-refractivity contribution >= 4 is 17.7 Å². The molecule has 1 aliphatic heterocycles. The lowest BCUT2D eigenvalue weighted by Crippen LogP contribution is -2.38. The zero-order valence-corrected chi connectivity index (χ0v) is 12.5. The molecule has 0 unspecified atom stereocenters. The molecule has 1 N–H and O–H groups in total. The van der Waals surface area contributed by atoms with Crippen LogP contribution < -0.4 is 5.32 Å². The van der Waals surface area contributed by atoms with Gasteiger partial charge in [-0.25, -0.2) is 0 Å². The molecule has 0 bridgehead atoms. The van der Waals surface area contributed by atoms with Crippen molar-refractivity contribution in [2.24, 2.45) is 11.8 Å². The smallest absolute Gasteiger partial charge is 0.233 e. The van der Waals surface area contributed by atoms with Crippen LogP contribution in [0.4, 0.5) is 0 Å². The molecule has 3 rings (SSSR count). The Hall–Kier alpha value is -1.39. The fourth-order valence-corrected chi connectivity index (χ4v) is 4.03. The van der Waals surface area contributed by atoms with Crippen LogP contribution in [0, 0.1) is 11.8 Å². The van der Waals surface area contributed by atoms with Gasteiger partial charge in [0.1, 0.15) is 0 Å². The summed E-state index contributed by atoms with van der Waals surface area (Å²) in [5.41, 5.74) is 0. The average Bonchev–Trinajstić information content (AvgIpc) is 3.07. The molecule has 0 spiro atoms. The van der Waals surface area contributed by atoms with Crippen molar-refractivity contribution in [3.05, 3.63) is 0 Å². The summed E-state index contributed by atoms with van der Waals surface area (Å²) in [5, 5.41) is 3.01. The number of amides is 3. The molecular weight excluding hydrogens is 268 g/mol. The standard InChI is InChI=1S/C16H24N2O3/c19-14(17-11-5-1-2-6-11)9-10-18-15(20)12-7-3-4-8-13(12)16(18)21/h11-13H,1-10H2,(H,17,19)/t12-,13-/m0/s1. The quantitative estimate of drug-likeness (QED) is 0.801. The third kappa shape index (κ3) is 2.97. The Kier molecular flexibility index (Phi) is 4.27. The summed E-state index contributed by atoms with van der Waals surface area (Å²) in [7, 11) is 0. The van der Waals surface area contributed by atoms with Gasteiger partial charge >= 0.3 is 0 Å². The highest BCUT2D eigenvalue weighted by molar-refractivity contribution is 6.05. The number of nitrogens with zero attached hydrogens (tertiary/aromatic N) is 1. The van der Waals surface area contributed by atoms with Crippen molar-refractivity contribution in [1.29, 1.82) is 0 Å². The first-order valence-electron chi connectivity index (χ1n) is 8.31. The third-order valence-corrected chi connectivity index (χ3v) is 5.22. The Balaban J connectivity index is 1.51. The topological polar surface area (TPSA) is 66.5 Å². The molecule has 2 atom stereocenters. The summed E-state index contributed by atoms with van der Waals surface area (Å²) in [5.74, 6) is -0.331. The largest absolute Gasteiger partial charge is 0.353 e. The van der Waals surface area contributed by atoms with Gasteiger partial charge in [0.15, 0.2) is 0 Å². The molecule has 21 heavy (non-hydrogen) atoms. The fraction of sp³-hybridized carbons (Fsp3) is 0.812. The molecule has 3 aliphatic rings. The number of hydrogen-bond acceptors (Lipinski definition) is 3. The van der Waals surface area contributed by atoms with Crippen LogP contribution >= 0.6 is 0 Å². The summed E-state index contributed by atoms with van der Waals surface area (Å²) in [6, 6.07) is 0.296. The van der Waals surface area contributed by atoms with E-state index in [9.17, 15) is 14.4 Å². The molecule has 1 heterocycles. The van der Waals surface area contributed by atoms with Crippen molar-refractivity contribution in [1.82, 2.24) is 10.2 Å². The van der Waals surface area contributed by atoms with Crippen LogP contribution in [0.1, 0.15) is 57.8 Å². The molecule has 0 aromatic heterocycles. The lowest BCUT2D eigenvalue weighted by molar-refractivity contribution is -0.140. The zero-order chi connectivity index (χ0) is 14.8. The highest BCUT2D eigenvalue weighted by Crippen LogP contribution is 2.37. The van der Waals surface area contributed by atoms with E-state index in [1.807, 2.05) is 0 Å². The second-order valence-corrected chi connectivity index (χ2v) is 6.62. The normalized spacial score (nSPS) is 29.8. The second-order valence-electron chi connectivity index (χ2n) is 6.62. The Morgan fingerprint density at radius 1 is 0.952 bits per heavy atom. The molecule has 0 radical (unpaired) electrons. The Morgan fingerprint density at radius 3 is 2.05 bits per heavy atom. The predicted molar refractivity (Wildman–Crippen MR) is 77.2 cm³/mol. The van der Waals surface area contributed by atoms with Crippen LogP contribution in [-0.2, 0) is 14.4 Å². The van der Waals surface area contributed by atoms with E-state index >= 15 is 0 Å². The zero-order valence-electron chi connectivity index (χ0n) is 12.5. The summed E-state index contributed by atoms with van der Waals surface area (Å²) in [4.78, 5) is 37.8. The minimum atomic E-state index is -0.107. The highest BCUT2D eigenvalue weighted by atomic mass is 16.2. The summed E-state index contributed by atoms with van der Waals surface area (Å²) >= 11 is 0. The minimum absolute atomic E-state index is 0.0302. The second kappa shape index (κ2) is 6.16. The van der Waals surface area contributed by atoms with E-state index in [1.54, 1.807) is 0 Å². The van der Waals surface area contributed by atoms with E-state index in [-0.39, 0.29) is 42.5 Å². The van der Waals surface area contributed by atoms with E-state index in [4.69, 9.17) is 0 Å². The van der Waals surface area contributed by atoms with Gasteiger partial charge in [-0.3, -0.25) is 19.3 Å². The van der Waals surface area contributed by atoms with Gasteiger partial charge in [-0.2, -0.15) is 0 Å². The van der Waals surface area contributed by atoms with Gasteiger partial charge < -0.3 is 5.32 Å². The van der Waals surface area contributed by atoms with Crippen LogP contribution in [0.3, 0.4) is 0 Å². The molecule has 1 saturated heterocycles. The lowest BCUT2D eigenvalue weighted by Gasteiger charge is -2.19. The van der Waals surface area contributed by atoms with Crippen molar-refractivity contribution in [2.45, 2.75) is 63.8 Å². The van der Waals surface area contributed by atoms with Crippen molar-refractivity contribution in [2.75, 3.05) is 6.54 Å². The molecule has 2 aliphatic carbocycles. The molecule has 3 fully saturated rings. The van der Waals surface area contributed by atoms with Crippen LogP contribution in [0.25, 0.3) is 0 Å². The van der Waals surface area contributed by atoms with Crippen molar-refractivity contribution in [3.63, 3.8) is 0 Å². The number of rotatable bonds is 4. The van der Waals surface area contributed by atoms with Crippen LogP contribution in [0.15, 0.2) is 0 Å². The van der Waals surface area contributed by atoms with Crippen molar-refractivity contribution < 1.29 is 14.4 Å². The monoisotopic (exact) mass is 292 g/mol. The number of carbonyl (C=O) groups excluding carboxylic acids is 3. The highest BCUT2D eigenvalue weighted by Gasteiger charge is 2.47. The van der Waals surface area contributed by atoms with Crippen LogP contribution in [0.5, 0.6) is 0 Å². The number of hydrogen-bond donors (Lipinski definition) is 1. The molecule has 0 aromatic carbocycles.